The van der Waals surface area contributed by atoms with E-state index in [1.807, 2.05) is 6.92 Å². The number of benzene rings is 1. The summed E-state index contributed by atoms with van der Waals surface area (Å²) in [6, 6.07) is 7.14. The van der Waals surface area contributed by atoms with Crippen LogP contribution in [-0.2, 0) is 14.3 Å². The van der Waals surface area contributed by atoms with Crippen LogP contribution in [0.4, 0.5) is 11.4 Å². The molecule has 0 aliphatic rings. The summed E-state index contributed by atoms with van der Waals surface area (Å²) in [6.45, 7) is 2.52. The van der Waals surface area contributed by atoms with Gasteiger partial charge in [-0.05, 0) is 31.0 Å². The monoisotopic (exact) mass is 278 g/mol. The number of methoxy groups -OCH3 is 1. The molecule has 0 bridgehead atoms. The summed E-state index contributed by atoms with van der Waals surface area (Å²) in [5.41, 5.74) is 1.37. The molecule has 0 unspecified atom stereocenters. The van der Waals surface area contributed by atoms with E-state index in [0.29, 0.717) is 37.2 Å². The topological polar surface area (TPSA) is 67.4 Å². The lowest BCUT2D eigenvalue weighted by atomic mass is 10.2. The Labute approximate surface area is 119 Å². The molecule has 20 heavy (non-hydrogen) atoms. The highest BCUT2D eigenvalue weighted by Gasteiger charge is 2.04. The molecule has 1 aromatic rings. The van der Waals surface area contributed by atoms with Crippen molar-refractivity contribution >= 4 is 23.2 Å². The molecule has 0 aliphatic heterocycles. The molecule has 0 aromatic heterocycles. The lowest BCUT2D eigenvalue weighted by molar-refractivity contribution is -0.117. The molecule has 2 N–H and O–H groups in total. The third-order valence-corrected chi connectivity index (χ3v) is 2.66. The van der Waals surface area contributed by atoms with E-state index in [-0.39, 0.29) is 11.8 Å². The van der Waals surface area contributed by atoms with E-state index in [9.17, 15) is 9.59 Å². The van der Waals surface area contributed by atoms with Crippen LogP contribution in [0, 0.1) is 0 Å². The molecule has 0 saturated heterocycles. The molecular formula is C15H22N2O3. The average molecular weight is 278 g/mol. The Morgan fingerprint density at radius 3 is 2.25 bits per heavy atom. The molecule has 0 heterocycles. The van der Waals surface area contributed by atoms with Gasteiger partial charge in [0.15, 0.2) is 0 Å². The molecular weight excluding hydrogens is 256 g/mol. The fraction of sp³-hybridized carbons (Fsp3) is 0.467. The second-order valence-corrected chi connectivity index (χ2v) is 4.52. The van der Waals surface area contributed by atoms with Gasteiger partial charge in [0, 0.05) is 37.9 Å². The van der Waals surface area contributed by atoms with Crippen LogP contribution in [0.1, 0.15) is 32.6 Å². The summed E-state index contributed by atoms with van der Waals surface area (Å²) >= 11 is 0. The van der Waals surface area contributed by atoms with Crippen LogP contribution >= 0.6 is 0 Å². The van der Waals surface area contributed by atoms with Gasteiger partial charge in [0.25, 0.3) is 0 Å². The molecule has 110 valence electrons. The van der Waals surface area contributed by atoms with Gasteiger partial charge in [0.05, 0.1) is 0 Å². The van der Waals surface area contributed by atoms with E-state index in [2.05, 4.69) is 10.6 Å². The van der Waals surface area contributed by atoms with Crippen LogP contribution in [0.15, 0.2) is 24.3 Å². The third-order valence-electron chi connectivity index (χ3n) is 2.66. The summed E-state index contributed by atoms with van der Waals surface area (Å²) in [5.74, 6) is -0.0739. The first kappa shape index (κ1) is 16.2. The van der Waals surface area contributed by atoms with E-state index < -0.39 is 0 Å². The second-order valence-electron chi connectivity index (χ2n) is 4.52. The number of hydrogen-bond donors (Lipinski definition) is 2. The number of hydrogen-bond acceptors (Lipinski definition) is 3. The number of nitrogens with one attached hydrogen (secondary N) is 2. The minimum Gasteiger partial charge on any atom is -0.385 e. The summed E-state index contributed by atoms with van der Waals surface area (Å²) < 4.78 is 4.90. The Morgan fingerprint density at radius 2 is 1.70 bits per heavy atom. The Hall–Kier alpha value is -1.88. The Morgan fingerprint density at radius 1 is 1.10 bits per heavy atom. The van der Waals surface area contributed by atoms with Crippen molar-refractivity contribution in [3.05, 3.63) is 24.3 Å². The highest BCUT2D eigenvalue weighted by Crippen LogP contribution is 2.15. The van der Waals surface area contributed by atoms with Crippen LogP contribution < -0.4 is 10.6 Å². The van der Waals surface area contributed by atoms with Gasteiger partial charge >= 0.3 is 0 Å². The zero-order valence-corrected chi connectivity index (χ0v) is 12.1. The largest absolute Gasteiger partial charge is 0.385 e. The third kappa shape index (κ3) is 6.33. The van der Waals surface area contributed by atoms with Crippen LogP contribution in [0.2, 0.25) is 0 Å². The number of anilines is 2. The first-order valence-electron chi connectivity index (χ1n) is 6.84. The lowest BCUT2D eigenvalue weighted by Crippen LogP contribution is -2.13. The van der Waals surface area contributed by atoms with E-state index in [4.69, 9.17) is 4.74 Å². The second kappa shape index (κ2) is 9.09. The van der Waals surface area contributed by atoms with Gasteiger partial charge in [-0.1, -0.05) is 13.0 Å². The molecule has 0 aliphatic carbocycles. The zero-order chi connectivity index (χ0) is 14.8. The SMILES string of the molecule is CCCC(=O)Nc1cccc(NC(=O)CCCOC)c1. The normalized spacial score (nSPS) is 10.1. The van der Waals surface area contributed by atoms with Gasteiger partial charge in [-0.2, -0.15) is 0 Å². The van der Waals surface area contributed by atoms with Crippen molar-refractivity contribution in [2.45, 2.75) is 32.6 Å². The van der Waals surface area contributed by atoms with Gasteiger partial charge in [-0.15, -0.1) is 0 Å². The maximum atomic E-state index is 11.7. The van der Waals surface area contributed by atoms with Crippen molar-refractivity contribution < 1.29 is 14.3 Å². The first-order valence-corrected chi connectivity index (χ1v) is 6.84. The van der Waals surface area contributed by atoms with Gasteiger partial charge < -0.3 is 15.4 Å². The lowest BCUT2D eigenvalue weighted by Gasteiger charge is -2.08. The molecule has 0 saturated carbocycles. The number of amides is 2. The average Bonchev–Trinajstić information content (AvgIpc) is 2.39. The van der Waals surface area contributed by atoms with Crippen LogP contribution in [0.5, 0.6) is 0 Å². The van der Waals surface area contributed by atoms with Crippen molar-refractivity contribution in [2.75, 3.05) is 24.4 Å². The fourth-order valence-electron chi connectivity index (χ4n) is 1.73. The molecule has 1 rings (SSSR count). The molecule has 5 nitrogen and oxygen atoms in total. The number of ether oxygens (including phenoxy) is 1. The quantitative estimate of drug-likeness (QED) is 0.718. The number of carbonyl (C=O) groups excluding carboxylic acids is 2. The molecule has 2 amide bonds. The van der Waals surface area contributed by atoms with Crippen molar-refractivity contribution in [3.63, 3.8) is 0 Å². The highest BCUT2D eigenvalue weighted by atomic mass is 16.5. The van der Waals surface area contributed by atoms with Crippen molar-refractivity contribution in [2.24, 2.45) is 0 Å². The standard InChI is InChI=1S/C15H22N2O3/c1-3-6-14(18)16-12-7-4-8-13(11-12)17-15(19)9-5-10-20-2/h4,7-8,11H,3,5-6,9-10H2,1-2H3,(H,16,18)(H,17,19). The molecule has 5 heteroatoms. The summed E-state index contributed by atoms with van der Waals surface area (Å²) in [4.78, 5) is 23.2. The first-order chi connectivity index (χ1) is 9.65. The molecule has 0 atom stereocenters. The van der Waals surface area contributed by atoms with Crippen LogP contribution in [-0.4, -0.2) is 25.5 Å². The Balaban J connectivity index is 2.50. The number of carbonyl (C=O) groups is 2. The smallest absolute Gasteiger partial charge is 0.224 e. The van der Waals surface area contributed by atoms with E-state index in [1.165, 1.54) is 0 Å². The number of rotatable bonds is 8. The maximum absolute atomic E-state index is 11.7. The summed E-state index contributed by atoms with van der Waals surface area (Å²) in [6.07, 6.45) is 2.41. The highest BCUT2D eigenvalue weighted by molar-refractivity contribution is 5.94. The molecule has 1 aromatic carbocycles. The van der Waals surface area contributed by atoms with Crippen molar-refractivity contribution in [1.82, 2.24) is 0 Å². The zero-order valence-electron chi connectivity index (χ0n) is 12.1. The van der Waals surface area contributed by atoms with Crippen LogP contribution in [0.25, 0.3) is 0 Å². The van der Waals surface area contributed by atoms with Crippen molar-refractivity contribution in [1.29, 1.82) is 0 Å². The summed E-state index contributed by atoms with van der Waals surface area (Å²) in [5, 5.41) is 5.60. The Kier molecular flexibility index (Phi) is 7.35. The predicted octanol–water partition coefficient (Wildman–Crippen LogP) is 2.79. The minimum atomic E-state index is -0.0564. The Bertz CT molecular complexity index is 446. The fourth-order valence-corrected chi connectivity index (χ4v) is 1.73. The van der Waals surface area contributed by atoms with E-state index >= 15 is 0 Å². The van der Waals surface area contributed by atoms with Crippen molar-refractivity contribution in [3.8, 4) is 0 Å². The molecule has 0 fully saturated rings. The summed E-state index contributed by atoms with van der Waals surface area (Å²) in [7, 11) is 1.61. The van der Waals surface area contributed by atoms with Gasteiger partial charge in [-0.3, -0.25) is 9.59 Å². The van der Waals surface area contributed by atoms with E-state index in [1.54, 1.807) is 31.4 Å². The van der Waals surface area contributed by atoms with Gasteiger partial charge in [0.1, 0.15) is 0 Å². The maximum Gasteiger partial charge on any atom is 0.224 e. The molecule has 0 spiro atoms. The minimum absolute atomic E-state index is 0.0175. The van der Waals surface area contributed by atoms with Gasteiger partial charge in [0.2, 0.25) is 11.8 Å². The van der Waals surface area contributed by atoms with E-state index in [0.717, 1.165) is 6.42 Å². The molecule has 0 radical (unpaired) electrons. The van der Waals surface area contributed by atoms with Gasteiger partial charge in [-0.25, -0.2) is 0 Å². The van der Waals surface area contributed by atoms with Crippen LogP contribution in [0.3, 0.4) is 0 Å². The predicted molar refractivity (Wildman–Crippen MR) is 79.7 cm³/mol.